The number of methoxy groups -OCH3 is 1. The summed E-state index contributed by atoms with van der Waals surface area (Å²) in [6, 6.07) is 8.10. The Hall–Kier alpha value is -0.794. The Labute approximate surface area is 251 Å². The van der Waals surface area contributed by atoms with E-state index < -0.39 is 5.91 Å². The van der Waals surface area contributed by atoms with Gasteiger partial charge in [-0.15, -0.1) is 22.7 Å². The van der Waals surface area contributed by atoms with Crippen molar-refractivity contribution in [2.75, 3.05) is 20.3 Å². The van der Waals surface area contributed by atoms with Gasteiger partial charge in [0.05, 0.1) is 32.1 Å². The van der Waals surface area contributed by atoms with Crippen molar-refractivity contribution in [2.24, 2.45) is 5.10 Å². The summed E-state index contributed by atoms with van der Waals surface area (Å²) in [5, 5.41) is 22.0. The minimum absolute atomic E-state index is 0. The maximum Gasteiger partial charge on any atom is 1.00 e. The van der Waals surface area contributed by atoms with E-state index >= 15 is 0 Å². The summed E-state index contributed by atoms with van der Waals surface area (Å²) < 4.78 is 4.88. The van der Waals surface area contributed by atoms with E-state index in [-0.39, 0.29) is 63.0 Å². The summed E-state index contributed by atoms with van der Waals surface area (Å²) in [7, 11) is 1.54. The fourth-order valence-corrected chi connectivity index (χ4v) is 4.72. The van der Waals surface area contributed by atoms with Crippen molar-refractivity contribution in [1.82, 2.24) is 10.7 Å². The van der Waals surface area contributed by atoms with Crippen LogP contribution in [0.4, 0.5) is 0 Å². The summed E-state index contributed by atoms with van der Waals surface area (Å²) in [5.74, 6) is -0.970. The van der Waals surface area contributed by atoms with Gasteiger partial charge in [0.15, 0.2) is 0 Å². The average molecular weight is 551 g/mol. The second-order valence-electron chi connectivity index (χ2n) is 6.49. The molecule has 1 aromatic carbocycles. The van der Waals surface area contributed by atoms with E-state index in [0.29, 0.717) is 54.7 Å². The van der Waals surface area contributed by atoms with Crippen molar-refractivity contribution >= 4 is 63.4 Å². The van der Waals surface area contributed by atoms with Crippen LogP contribution >= 0.6 is 45.9 Å². The van der Waals surface area contributed by atoms with E-state index in [2.05, 4.69) is 15.8 Å². The number of hydrogen-bond acceptors (Lipinski definition) is 7. The van der Waals surface area contributed by atoms with Crippen LogP contribution in [0.15, 0.2) is 40.8 Å². The second kappa shape index (κ2) is 13.3. The van der Waals surface area contributed by atoms with Crippen LogP contribution in [0.1, 0.15) is 31.8 Å². The van der Waals surface area contributed by atoms with E-state index in [1.165, 1.54) is 11.3 Å². The number of thiophene rings is 2. The molecule has 2 amide bonds. The van der Waals surface area contributed by atoms with Gasteiger partial charge in [-0.3, -0.25) is 9.59 Å². The van der Waals surface area contributed by atoms with Crippen molar-refractivity contribution in [1.29, 1.82) is 0 Å². The zero-order valence-electron chi connectivity index (χ0n) is 18.0. The SMILES string of the molecule is COCCNC(=O)c1ccc(C(=O)N/N=C(\C)c2csc(-c3ccc(Cl)c(Cl)c3)c2[O-])s1.[K+]. The Morgan fingerprint density at radius 2 is 1.82 bits per heavy atom. The number of ether oxygens (including phenoxy) is 1. The molecule has 0 saturated heterocycles. The van der Waals surface area contributed by atoms with Crippen LogP contribution < -0.4 is 67.2 Å². The van der Waals surface area contributed by atoms with Gasteiger partial charge in [0.1, 0.15) is 0 Å². The number of rotatable bonds is 8. The molecule has 0 aliphatic carbocycles. The summed E-state index contributed by atoms with van der Waals surface area (Å²) in [6.07, 6.45) is 0. The standard InChI is InChI=1S/C21H19Cl2N3O4S2.K/c1-11(13-10-31-19(18(13)27)12-3-4-14(22)15(23)9-12)25-26-21(29)17-6-5-16(32-17)20(28)24-7-8-30-2;/h3-6,9-10,27H,7-8H2,1-2H3,(H,24,28)(H,26,29);/q;+1/p-1/b25-11+;. The van der Waals surface area contributed by atoms with Gasteiger partial charge >= 0.3 is 51.4 Å². The van der Waals surface area contributed by atoms with Gasteiger partial charge in [-0.05, 0) is 42.1 Å². The Bertz CT molecular complexity index is 1180. The predicted octanol–water partition coefficient (Wildman–Crippen LogP) is 1.39. The van der Waals surface area contributed by atoms with E-state index in [4.69, 9.17) is 27.9 Å². The molecule has 3 aromatic rings. The number of halogens is 2. The fraction of sp³-hybridized carbons (Fsp3) is 0.190. The molecule has 2 heterocycles. The van der Waals surface area contributed by atoms with Crippen molar-refractivity contribution in [2.45, 2.75) is 6.92 Å². The fourth-order valence-electron chi connectivity index (χ4n) is 2.62. The second-order valence-corrected chi connectivity index (χ2v) is 9.27. The number of hydrogen-bond donors (Lipinski definition) is 2. The summed E-state index contributed by atoms with van der Waals surface area (Å²) in [5.41, 5.74) is 3.83. The van der Waals surface area contributed by atoms with Gasteiger partial charge in [-0.25, -0.2) is 5.43 Å². The minimum atomic E-state index is -0.474. The van der Waals surface area contributed by atoms with Gasteiger partial charge in [0.2, 0.25) is 0 Å². The number of carbonyl (C=O) groups is 2. The normalized spacial score (nSPS) is 11.1. The van der Waals surface area contributed by atoms with Crippen LogP contribution in [0, 0.1) is 0 Å². The molecule has 0 fully saturated rings. The molecule has 168 valence electrons. The summed E-state index contributed by atoms with van der Waals surface area (Å²) in [4.78, 5) is 25.7. The van der Waals surface area contributed by atoms with Gasteiger partial charge in [-0.2, -0.15) is 5.10 Å². The van der Waals surface area contributed by atoms with Gasteiger partial charge in [0, 0.05) is 24.1 Å². The molecule has 0 radical (unpaired) electrons. The van der Waals surface area contributed by atoms with Crippen LogP contribution in [-0.2, 0) is 4.74 Å². The van der Waals surface area contributed by atoms with Crippen LogP contribution in [0.2, 0.25) is 10.0 Å². The molecule has 0 bridgehead atoms. The molecule has 7 nitrogen and oxygen atoms in total. The molecule has 2 aromatic heterocycles. The third-order valence-electron chi connectivity index (χ3n) is 4.29. The van der Waals surface area contributed by atoms with E-state index in [1.54, 1.807) is 49.7 Å². The third kappa shape index (κ3) is 7.34. The van der Waals surface area contributed by atoms with E-state index in [9.17, 15) is 14.7 Å². The number of benzene rings is 1. The Kier molecular flexibility index (Phi) is 11.5. The number of amides is 2. The first-order valence-corrected chi connectivity index (χ1v) is 11.7. The Balaban J connectivity index is 0.00000385. The van der Waals surface area contributed by atoms with Gasteiger partial charge in [0.25, 0.3) is 11.8 Å². The molecule has 33 heavy (non-hydrogen) atoms. The maximum absolute atomic E-state index is 12.8. The van der Waals surface area contributed by atoms with Crippen LogP contribution in [0.25, 0.3) is 10.4 Å². The van der Waals surface area contributed by atoms with E-state index in [0.717, 1.165) is 11.3 Å². The van der Waals surface area contributed by atoms with Crippen LogP contribution in [0.3, 0.4) is 0 Å². The molecular formula is C21H18Cl2KN3O4S2. The Morgan fingerprint density at radius 3 is 2.48 bits per heavy atom. The number of hydrazone groups is 1. The molecule has 0 atom stereocenters. The molecule has 0 aliphatic heterocycles. The predicted molar refractivity (Wildman–Crippen MR) is 127 cm³/mol. The molecule has 0 aliphatic rings. The quantitative estimate of drug-likeness (QED) is 0.192. The first-order chi connectivity index (χ1) is 15.3. The average Bonchev–Trinajstić information content (AvgIpc) is 3.41. The Morgan fingerprint density at radius 1 is 1.12 bits per heavy atom. The molecule has 0 saturated carbocycles. The first-order valence-electron chi connectivity index (χ1n) is 9.27. The summed E-state index contributed by atoms with van der Waals surface area (Å²) in [6.45, 7) is 2.40. The van der Waals surface area contributed by atoms with Gasteiger partial charge < -0.3 is 15.2 Å². The van der Waals surface area contributed by atoms with Crippen molar-refractivity contribution in [3.63, 3.8) is 0 Å². The molecule has 12 heteroatoms. The van der Waals surface area contributed by atoms with E-state index in [1.807, 2.05) is 0 Å². The molecule has 3 rings (SSSR count). The topological polar surface area (TPSA) is 103 Å². The number of carbonyl (C=O) groups excluding carboxylic acids is 2. The van der Waals surface area contributed by atoms with Crippen LogP contribution in [0.5, 0.6) is 5.75 Å². The largest absolute Gasteiger partial charge is 1.00 e. The van der Waals surface area contributed by atoms with Crippen LogP contribution in [-0.4, -0.2) is 37.8 Å². The number of nitrogens with one attached hydrogen (secondary N) is 2. The van der Waals surface area contributed by atoms with Crippen molar-refractivity contribution < 1.29 is 70.8 Å². The molecule has 0 spiro atoms. The number of nitrogens with zero attached hydrogens (tertiary/aromatic N) is 1. The molecule has 0 unspecified atom stereocenters. The zero-order valence-corrected chi connectivity index (χ0v) is 24.3. The monoisotopic (exact) mass is 549 g/mol. The van der Waals surface area contributed by atoms with Crippen molar-refractivity contribution in [3.05, 3.63) is 61.1 Å². The molecule has 2 N–H and O–H groups in total. The minimum Gasteiger partial charge on any atom is -0.871 e. The maximum atomic E-state index is 12.8. The molecular weight excluding hydrogens is 532 g/mol. The first kappa shape index (κ1) is 28.4. The zero-order chi connectivity index (χ0) is 23.3. The summed E-state index contributed by atoms with van der Waals surface area (Å²) >= 11 is 14.3. The van der Waals surface area contributed by atoms with Crippen molar-refractivity contribution in [3.8, 4) is 16.2 Å². The van der Waals surface area contributed by atoms with Gasteiger partial charge in [-0.1, -0.05) is 35.0 Å². The smallest absolute Gasteiger partial charge is 0.871 e. The third-order valence-corrected chi connectivity index (χ3v) is 7.12.